The van der Waals surface area contributed by atoms with Crippen molar-refractivity contribution in [3.05, 3.63) is 53.6 Å². The van der Waals surface area contributed by atoms with Crippen LogP contribution in [0.1, 0.15) is 17.4 Å². The topological polar surface area (TPSA) is 130 Å². The lowest BCUT2D eigenvalue weighted by Crippen LogP contribution is -2.11. The summed E-state index contributed by atoms with van der Waals surface area (Å²) < 4.78 is 0. The number of benzene rings is 2. The normalized spacial score (nSPS) is 11.1. The highest BCUT2D eigenvalue weighted by Crippen LogP contribution is 2.27. The molecule has 0 unspecified atom stereocenters. The summed E-state index contributed by atoms with van der Waals surface area (Å²) in [4.78, 5) is 11.9. The minimum atomic E-state index is -1.85. The summed E-state index contributed by atoms with van der Waals surface area (Å²) in [5, 5.41) is 48.8. The third-order valence-corrected chi connectivity index (χ3v) is 3.00. The summed E-state index contributed by atoms with van der Waals surface area (Å²) >= 11 is 0. The fourth-order valence-electron chi connectivity index (χ4n) is 1.87. The molecule has 23 heavy (non-hydrogen) atoms. The van der Waals surface area contributed by atoms with Gasteiger partial charge < -0.3 is 30.8 Å². The second-order valence-corrected chi connectivity index (χ2v) is 4.72. The number of rotatable bonds is 4. The van der Waals surface area contributed by atoms with Crippen LogP contribution in [-0.4, -0.2) is 31.4 Å². The van der Waals surface area contributed by atoms with Crippen LogP contribution in [-0.2, 0) is 4.79 Å². The van der Waals surface area contributed by atoms with Crippen LogP contribution in [0.15, 0.2) is 42.5 Å². The number of hydrogen-bond donors (Lipinski definition) is 6. The van der Waals surface area contributed by atoms with Crippen LogP contribution in [0.4, 0.5) is 5.69 Å². The van der Waals surface area contributed by atoms with Gasteiger partial charge >= 0.3 is 0 Å². The number of nitrogens with one attached hydrogen (secondary N) is 1. The molecule has 2 aromatic rings. The molecule has 0 bridgehead atoms. The lowest BCUT2D eigenvalue weighted by atomic mass is 10.1. The number of aliphatic hydroxyl groups is 2. The third-order valence-electron chi connectivity index (χ3n) is 3.00. The Kier molecular flexibility index (Phi) is 4.85. The maximum absolute atomic E-state index is 11.9. The van der Waals surface area contributed by atoms with Gasteiger partial charge in [0.15, 0.2) is 17.8 Å². The lowest BCUT2D eigenvalue weighted by molar-refractivity contribution is -0.111. The quantitative estimate of drug-likeness (QED) is 0.219. The minimum absolute atomic E-state index is 0.0472. The number of aromatic hydroxyl groups is 3. The Hall–Kier alpha value is -3.03. The fraction of sp³-hybridized carbons (Fsp3) is 0.0625. The van der Waals surface area contributed by atoms with Gasteiger partial charge in [0, 0.05) is 17.3 Å². The highest BCUT2D eigenvalue weighted by atomic mass is 16.5. The van der Waals surface area contributed by atoms with Gasteiger partial charge in [0.1, 0.15) is 5.75 Å². The van der Waals surface area contributed by atoms with Gasteiger partial charge in [-0.2, -0.15) is 0 Å². The van der Waals surface area contributed by atoms with Crippen LogP contribution >= 0.6 is 0 Å². The SMILES string of the molecule is O=C(/C=C/c1ccc(O)c(O)c1)Nc1ccc(O)cc1C(O)O. The largest absolute Gasteiger partial charge is 0.508 e. The van der Waals surface area contributed by atoms with E-state index in [1.165, 1.54) is 42.5 Å². The highest BCUT2D eigenvalue weighted by Gasteiger charge is 2.12. The molecule has 6 N–H and O–H groups in total. The van der Waals surface area contributed by atoms with Crippen molar-refractivity contribution in [2.45, 2.75) is 6.29 Å². The maximum Gasteiger partial charge on any atom is 0.248 e. The number of amides is 1. The van der Waals surface area contributed by atoms with Crippen molar-refractivity contribution in [1.82, 2.24) is 0 Å². The number of phenolic OH excluding ortho intramolecular Hbond substituents is 3. The van der Waals surface area contributed by atoms with Crippen molar-refractivity contribution < 1.29 is 30.3 Å². The van der Waals surface area contributed by atoms with E-state index in [1.54, 1.807) is 0 Å². The Morgan fingerprint density at radius 2 is 1.74 bits per heavy atom. The molecule has 0 fully saturated rings. The average Bonchev–Trinajstić information content (AvgIpc) is 2.50. The number of phenols is 3. The average molecular weight is 317 g/mol. The van der Waals surface area contributed by atoms with Crippen molar-refractivity contribution in [3.8, 4) is 17.2 Å². The van der Waals surface area contributed by atoms with Gasteiger partial charge in [-0.25, -0.2) is 0 Å². The fourth-order valence-corrected chi connectivity index (χ4v) is 1.87. The zero-order chi connectivity index (χ0) is 17.0. The summed E-state index contributed by atoms with van der Waals surface area (Å²) in [6, 6.07) is 7.82. The van der Waals surface area contributed by atoms with Crippen LogP contribution in [0.5, 0.6) is 17.2 Å². The highest BCUT2D eigenvalue weighted by molar-refractivity contribution is 6.02. The maximum atomic E-state index is 11.9. The molecule has 0 aliphatic carbocycles. The van der Waals surface area contributed by atoms with Crippen LogP contribution in [0, 0.1) is 0 Å². The molecule has 0 saturated heterocycles. The zero-order valence-electron chi connectivity index (χ0n) is 11.8. The Bertz CT molecular complexity index is 754. The smallest absolute Gasteiger partial charge is 0.248 e. The van der Waals surface area contributed by atoms with E-state index in [9.17, 15) is 30.3 Å². The van der Waals surface area contributed by atoms with E-state index in [1.807, 2.05) is 0 Å². The summed E-state index contributed by atoms with van der Waals surface area (Å²) in [7, 11) is 0. The van der Waals surface area contributed by atoms with Crippen molar-refractivity contribution in [2.75, 3.05) is 5.32 Å². The van der Waals surface area contributed by atoms with E-state index in [0.717, 1.165) is 6.07 Å². The summed E-state index contributed by atoms with van der Waals surface area (Å²) in [6.45, 7) is 0. The molecule has 0 spiro atoms. The van der Waals surface area contributed by atoms with Crippen LogP contribution in [0.25, 0.3) is 6.08 Å². The second kappa shape index (κ2) is 6.82. The molecule has 0 aliphatic heterocycles. The van der Waals surface area contributed by atoms with Crippen molar-refractivity contribution in [1.29, 1.82) is 0 Å². The molecule has 7 nitrogen and oxygen atoms in total. The van der Waals surface area contributed by atoms with Crippen molar-refractivity contribution in [3.63, 3.8) is 0 Å². The number of aliphatic hydroxyl groups excluding tert-OH is 1. The Morgan fingerprint density at radius 3 is 2.39 bits per heavy atom. The van der Waals surface area contributed by atoms with E-state index in [2.05, 4.69) is 5.32 Å². The van der Waals surface area contributed by atoms with E-state index in [0.29, 0.717) is 5.56 Å². The van der Waals surface area contributed by atoms with Gasteiger partial charge in [0.2, 0.25) is 5.91 Å². The molecule has 0 atom stereocenters. The molecule has 0 aromatic heterocycles. The Balaban J connectivity index is 2.13. The number of carbonyl (C=O) groups is 1. The van der Waals surface area contributed by atoms with Crippen LogP contribution < -0.4 is 5.32 Å². The number of hydrogen-bond acceptors (Lipinski definition) is 6. The molecule has 1 amide bonds. The van der Waals surface area contributed by atoms with E-state index in [4.69, 9.17) is 0 Å². The number of anilines is 1. The lowest BCUT2D eigenvalue weighted by Gasteiger charge is -2.11. The zero-order valence-corrected chi connectivity index (χ0v) is 11.8. The van der Waals surface area contributed by atoms with Crippen molar-refractivity contribution in [2.24, 2.45) is 0 Å². The molecule has 2 aromatic carbocycles. The number of carbonyl (C=O) groups excluding carboxylic acids is 1. The molecule has 0 aliphatic rings. The predicted octanol–water partition coefficient (Wildman–Crippen LogP) is 1.44. The molecule has 2 rings (SSSR count). The Morgan fingerprint density at radius 1 is 1.00 bits per heavy atom. The predicted molar refractivity (Wildman–Crippen MR) is 82.7 cm³/mol. The van der Waals surface area contributed by atoms with Crippen LogP contribution in [0.2, 0.25) is 0 Å². The Labute approximate surface area is 131 Å². The van der Waals surface area contributed by atoms with E-state index in [-0.39, 0.29) is 28.5 Å². The molecular weight excluding hydrogens is 302 g/mol. The van der Waals surface area contributed by atoms with E-state index < -0.39 is 12.2 Å². The summed E-state index contributed by atoms with van der Waals surface area (Å²) in [6.07, 6.45) is 0.728. The molecule has 0 saturated carbocycles. The molecule has 120 valence electrons. The van der Waals surface area contributed by atoms with Gasteiger partial charge in [0.05, 0.1) is 0 Å². The van der Waals surface area contributed by atoms with Gasteiger partial charge in [-0.15, -0.1) is 0 Å². The summed E-state index contributed by atoms with van der Waals surface area (Å²) in [5.74, 6) is -1.29. The molecule has 0 radical (unpaired) electrons. The monoisotopic (exact) mass is 317 g/mol. The first kappa shape index (κ1) is 16.3. The first-order valence-corrected chi connectivity index (χ1v) is 6.57. The minimum Gasteiger partial charge on any atom is -0.508 e. The van der Waals surface area contributed by atoms with Gasteiger partial charge in [-0.1, -0.05) is 6.07 Å². The second-order valence-electron chi connectivity index (χ2n) is 4.72. The first-order valence-electron chi connectivity index (χ1n) is 6.57. The van der Waals surface area contributed by atoms with Crippen LogP contribution in [0.3, 0.4) is 0 Å². The third kappa shape index (κ3) is 4.22. The van der Waals surface area contributed by atoms with Gasteiger partial charge in [-0.3, -0.25) is 4.79 Å². The van der Waals surface area contributed by atoms with Crippen molar-refractivity contribution >= 4 is 17.7 Å². The summed E-state index contributed by atoms with van der Waals surface area (Å²) in [5.41, 5.74) is 0.582. The first-order chi connectivity index (χ1) is 10.9. The van der Waals surface area contributed by atoms with Gasteiger partial charge in [0.25, 0.3) is 0 Å². The van der Waals surface area contributed by atoms with Gasteiger partial charge in [-0.05, 0) is 42.0 Å². The molecule has 7 heteroatoms. The standard InChI is InChI=1S/C16H15NO6/c18-10-3-4-12(11(8-10)16(22)23)17-15(21)6-2-9-1-5-13(19)14(20)7-9/h1-8,16,18-20,22-23H,(H,17,21)/b6-2+. The van der Waals surface area contributed by atoms with E-state index >= 15 is 0 Å². The molecule has 0 heterocycles. The molecular formula is C16H15NO6.